The second-order valence-electron chi connectivity index (χ2n) is 14.9. The lowest BCUT2D eigenvalue weighted by Gasteiger charge is -2.38. The summed E-state index contributed by atoms with van der Waals surface area (Å²) in [5.74, 6) is 1.64. The van der Waals surface area contributed by atoms with Gasteiger partial charge >= 0.3 is 7.48 Å². The summed E-state index contributed by atoms with van der Waals surface area (Å²) in [6.07, 6.45) is 8.67. The fourth-order valence-electron chi connectivity index (χ4n) is 5.63. The fourth-order valence-corrected chi connectivity index (χ4v) is 6.14. The van der Waals surface area contributed by atoms with Gasteiger partial charge in [0.1, 0.15) is 13.2 Å². The van der Waals surface area contributed by atoms with Crippen LogP contribution in [0.15, 0.2) is 100 Å². The van der Waals surface area contributed by atoms with Gasteiger partial charge in [0.05, 0.1) is 56.6 Å². The lowest BCUT2D eigenvalue weighted by atomic mass is 9.80. The maximum atomic E-state index is 12.3. The average Bonchev–Trinajstić information content (AvgIpc) is 3.86. The predicted octanol–water partition coefficient (Wildman–Crippen LogP) is 5.79. The van der Waals surface area contributed by atoms with E-state index in [2.05, 4.69) is 30.1 Å². The maximum Gasteiger partial charge on any atom is 0.326 e. The summed E-state index contributed by atoms with van der Waals surface area (Å²) >= 11 is 2.03. The summed E-state index contributed by atoms with van der Waals surface area (Å²) < 4.78 is 31.1. The molecule has 3 N–H and O–H groups in total. The van der Waals surface area contributed by atoms with Crippen molar-refractivity contribution < 1.29 is 28.7 Å². The van der Waals surface area contributed by atoms with E-state index in [-0.39, 0.29) is 31.8 Å². The van der Waals surface area contributed by atoms with Crippen LogP contribution in [0.25, 0.3) is 16.6 Å². The lowest BCUT2D eigenvalue weighted by molar-refractivity contribution is -0.0898. The first-order chi connectivity index (χ1) is 28.9. The van der Waals surface area contributed by atoms with Crippen molar-refractivity contribution in [3.05, 3.63) is 144 Å². The molecule has 323 valence electrons. The van der Waals surface area contributed by atoms with Gasteiger partial charge < -0.3 is 38.7 Å². The van der Waals surface area contributed by atoms with Gasteiger partial charge in [0.2, 0.25) is 0 Å². The molecule has 8 rings (SSSR count). The molecule has 18 heteroatoms. The second kappa shape index (κ2) is 22.3. The van der Waals surface area contributed by atoms with E-state index in [4.69, 9.17) is 23.6 Å². The average molecular weight is 948 g/mol. The van der Waals surface area contributed by atoms with E-state index in [1.807, 2.05) is 109 Å². The second-order valence-corrected chi connectivity index (χ2v) is 15.9. The molecule has 1 radical (unpaired) electrons. The monoisotopic (exact) mass is 947 g/mol. The van der Waals surface area contributed by atoms with Crippen LogP contribution in [0, 0.1) is 3.83 Å². The molecule has 0 fully saturated rings. The maximum absolute atomic E-state index is 12.3. The zero-order valence-corrected chi connectivity index (χ0v) is 36.3. The Hall–Kier alpha value is -4.83. The van der Waals surface area contributed by atoms with Crippen molar-refractivity contribution >= 4 is 46.7 Å². The summed E-state index contributed by atoms with van der Waals surface area (Å²) in [7, 11) is 1.74. The molecule has 0 spiro atoms. The molecule has 0 saturated carbocycles. The van der Waals surface area contributed by atoms with Gasteiger partial charge in [-0.1, -0.05) is 85.7 Å². The van der Waals surface area contributed by atoms with Gasteiger partial charge in [-0.2, -0.15) is 0 Å². The van der Waals surface area contributed by atoms with E-state index >= 15 is 0 Å². The molecule has 0 aliphatic carbocycles. The van der Waals surface area contributed by atoms with E-state index in [0.29, 0.717) is 65.4 Å². The number of nitrogens with one attached hydrogen (secondary N) is 2. The first-order valence-corrected chi connectivity index (χ1v) is 20.6. The molecule has 6 aromatic rings. The molecular weight excluding hydrogens is 894 g/mol. The highest BCUT2D eigenvalue weighted by atomic mass is 127. The minimum Gasteiger partial charge on any atom is -0.427 e. The number of ether oxygens (including phenoxy) is 4. The number of fused-ring (bicyclic) bond motifs is 2. The smallest absolute Gasteiger partial charge is 0.326 e. The van der Waals surface area contributed by atoms with Crippen LogP contribution in [0.4, 0.5) is 0 Å². The van der Waals surface area contributed by atoms with Crippen LogP contribution < -0.4 is 11.1 Å². The third-order valence-electron chi connectivity index (χ3n) is 9.78. The van der Waals surface area contributed by atoms with Gasteiger partial charge in [-0.15, -0.1) is 10.2 Å². The topological polar surface area (TPSA) is 192 Å². The number of halogens is 1. The van der Waals surface area contributed by atoms with Crippen molar-refractivity contribution in [2.75, 3.05) is 26.4 Å². The normalized spacial score (nSPS) is 14.2. The van der Waals surface area contributed by atoms with E-state index in [1.54, 1.807) is 32.0 Å². The first kappa shape index (κ1) is 47.2. The largest absolute Gasteiger partial charge is 0.427 e. The van der Waals surface area contributed by atoms with Gasteiger partial charge in [-0.25, -0.2) is 19.0 Å². The molecule has 0 unspecified atom stereocenters. The molecule has 0 saturated heterocycles. The lowest BCUT2D eigenvalue weighted by Crippen LogP contribution is -2.48. The number of hydrogen-bond acceptors (Lipinski definition) is 12. The quantitative estimate of drug-likeness (QED) is 0.0935. The SMILES string of the molecule is C.CC(C)(O)C(C)(C)O[B]C1=CCOCC1.O=c1[nH]c(COCc2ccccc2)nn2c(C3=CCOCC3)ncc12.O=c1[nH]c(COCc2ccccc2)nn2c(I)ncc12. The predicted molar refractivity (Wildman–Crippen MR) is 241 cm³/mol. The highest BCUT2D eigenvalue weighted by Crippen LogP contribution is 2.25. The Bertz CT molecular complexity index is 2500. The van der Waals surface area contributed by atoms with Crippen molar-refractivity contribution in [3.8, 4) is 0 Å². The van der Waals surface area contributed by atoms with E-state index < -0.39 is 11.2 Å². The van der Waals surface area contributed by atoms with Crippen molar-refractivity contribution in [1.29, 1.82) is 0 Å². The van der Waals surface area contributed by atoms with Crippen molar-refractivity contribution in [2.45, 2.75) is 85.6 Å². The Morgan fingerprint density at radius 3 is 1.80 bits per heavy atom. The van der Waals surface area contributed by atoms with Crippen LogP contribution in [-0.2, 0) is 50.0 Å². The van der Waals surface area contributed by atoms with Crippen LogP contribution in [0.2, 0.25) is 0 Å². The summed E-state index contributed by atoms with van der Waals surface area (Å²) in [4.78, 5) is 38.0. The molecular formula is C43H53BIN8O8. The Labute approximate surface area is 368 Å². The van der Waals surface area contributed by atoms with Crippen LogP contribution in [-0.4, -0.2) is 89.4 Å². The molecule has 61 heavy (non-hydrogen) atoms. The number of aromatic nitrogens is 8. The van der Waals surface area contributed by atoms with Crippen molar-refractivity contribution in [2.24, 2.45) is 0 Å². The molecule has 2 aliphatic heterocycles. The summed E-state index contributed by atoms with van der Waals surface area (Å²) in [5.41, 5.74) is 3.29. The minimum absolute atomic E-state index is 0. The van der Waals surface area contributed by atoms with Crippen LogP contribution >= 0.6 is 22.6 Å². The van der Waals surface area contributed by atoms with Gasteiger partial charge in [0.25, 0.3) is 11.1 Å². The minimum atomic E-state index is -0.866. The standard InChI is InChI=1S/C18H18N4O3.C13H11IN4O2.C11H20BO3.CH4/c23-18-15-10-19-17(14-6-8-24-9-7-14)22(15)21-16(20-18)12-25-11-13-4-2-1-3-5-13;14-13-15-6-10-12(19)16-11(17-18(10)13)8-20-7-9-4-2-1-3-5-9;1-10(2,13)11(3,4)15-12-9-5-7-14-8-6-9;/h1-6,10H,7-9,11-12H2,(H,20,21,23);1-6H,7-8H2,(H,16,17,19);5,13H,6-8H2,1-4H3;1H4. The van der Waals surface area contributed by atoms with E-state index in [0.717, 1.165) is 41.6 Å². The third-order valence-corrected chi connectivity index (χ3v) is 10.5. The Morgan fingerprint density at radius 2 is 1.28 bits per heavy atom. The number of benzene rings is 2. The van der Waals surface area contributed by atoms with Gasteiger partial charge in [-0.05, 0) is 57.2 Å². The van der Waals surface area contributed by atoms with E-state index in [9.17, 15) is 14.7 Å². The molecule has 6 heterocycles. The zero-order valence-electron chi connectivity index (χ0n) is 34.1. The molecule has 4 aromatic heterocycles. The van der Waals surface area contributed by atoms with Gasteiger partial charge in [-0.3, -0.25) is 9.59 Å². The fraction of sp³-hybridized carbons (Fsp3) is 0.395. The number of aromatic amines is 2. The molecule has 0 amide bonds. The van der Waals surface area contributed by atoms with Crippen molar-refractivity contribution in [1.82, 2.24) is 39.2 Å². The Morgan fingerprint density at radius 1 is 0.754 bits per heavy atom. The summed E-state index contributed by atoms with van der Waals surface area (Å²) in [6, 6.07) is 19.7. The first-order valence-electron chi connectivity index (χ1n) is 19.5. The highest BCUT2D eigenvalue weighted by Gasteiger charge is 2.36. The van der Waals surface area contributed by atoms with E-state index in [1.165, 1.54) is 10.7 Å². The summed E-state index contributed by atoms with van der Waals surface area (Å²) in [5, 5.41) is 18.7. The molecule has 0 atom stereocenters. The number of H-pyrrole nitrogens is 2. The molecule has 16 nitrogen and oxygen atoms in total. The number of imidazole rings is 2. The number of nitrogens with zero attached hydrogens (tertiary/aromatic N) is 6. The highest BCUT2D eigenvalue weighted by molar-refractivity contribution is 14.1. The third kappa shape index (κ3) is 13.3. The van der Waals surface area contributed by atoms with Gasteiger partial charge in [0.15, 0.2) is 32.3 Å². The summed E-state index contributed by atoms with van der Waals surface area (Å²) in [6.45, 7) is 11.3. The molecule has 2 aliphatic rings. The van der Waals surface area contributed by atoms with Crippen LogP contribution in [0.3, 0.4) is 0 Å². The number of rotatable bonds is 13. The molecule has 0 bridgehead atoms. The van der Waals surface area contributed by atoms with Crippen molar-refractivity contribution in [3.63, 3.8) is 0 Å². The van der Waals surface area contributed by atoms with Crippen LogP contribution in [0.1, 0.15) is 76.6 Å². The molecule has 2 aromatic carbocycles. The Balaban J connectivity index is 0.000000178. The van der Waals surface area contributed by atoms with Crippen LogP contribution in [0.5, 0.6) is 0 Å². The Kier molecular flexibility index (Phi) is 17.3. The number of hydrogen-bond donors (Lipinski definition) is 3. The zero-order chi connectivity index (χ0) is 42.5. The number of aliphatic hydroxyl groups is 1. The van der Waals surface area contributed by atoms with Gasteiger partial charge in [0, 0.05) is 29.2 Å².